The van der Waals surface area contributed by atoms with Crippen molar-refractivity contribution < 1.29 is 0 Å². The molecule has 0 unspecified atom stereocenters. The minimum atomic E-state index is -0.0830. The Labute approximate surface area is 254 Å². The summed E-state index contributed by atoms with van der Waals surface area (Å²) in [6, 6.07) is 41.9. The maximum Gasteiger partial charge on any atom is 0.0539 e. The van der Waals surface area contributed by atoms with Crippen molar-refractivity contribution >= 4 is 38.5 Å². The van der Waals surface area contributed by atoms with Crippen LogP contribution in [0.1, 0.15) is 37.5 Å². The molecule has 43 heavy (non-hydrogen) atoms. The second kappa shape index (κ2) is 10.00. The molecule has 0 atom stereocenters. The van der Waals surface area contributed by atoms with Gasteiger partial charge in [0.2, 0.25) is 0 Å². The third kappa shape index (κ3) is 4.15. The van der Waals surface area contributed by atoms with Crippen LogP contribution in [0.25, 0.3) is 49.4 Å². The highest BCUT2D eigenvalue weighted by Gasteiger charge is 2.37. The lowest BCUT2D eigenvalue weighted by molar-refractivity contribution is 0.660. The lowest BCUT2D eigenvalue weighted by Crippen LogP contribution is -2.18. The minimum Gasteiger partial charge on any atom is -0.314 e. The number of rotatable bonds is 6. The summed E-state index contributed by atoms with van der Waals surface area (Å²) in [6.45, 7) is 19.7. The van der Waals surface area contributed by atoms with Gasteiger partial charge in [0, 0.05) is 22.2 Å². The topological polar surface area (TPSA) is 3.24 Å². The van der Waals surface area contributed by atoms with E-state index in [0.717, 1.165) is 33.8 Å². The summed E-state index contributed by atoms with van der Waals surface area (Å²) in [5.74, 6) is 0. The molecular formula is C42H35N. The highest BCUT2D eigenvalue weighted by Crippen LogP contribution is 2.53. The number of benzene rings is 6. The molecule has 0 saturated heterocycles. The third-order valence-electron chi connectivity index (χ3n) is 9.12. The van der Waals surface area contributed by atoms with Crippen LogP contribution in [0.3, 0.4) is 0 Å². The highest BCUT2D eigenvalue weighted by atomic mass is 15.1. The molecule has 0 amide bonds. The van der Waals surface area contributed by atoms with E-state index in [-0.39, 0.29) is 5.41 Å². The number of hydrogen-bond donors (Lipinski definition) is 0. The van der Waals surface area contributed by atoms with Crippen molar-refractivity contribution in [1.82, 2.24) is 0 Å². The molecule has 0 bridgehead atoms. The van der Waals surface area contributed by atoms with Gasteiger partial charge in [0.1, 0.15) is 0 Å². The molecule has 6 aromatic rings. The molecule has 0 heterocycles. The van der Waals surface area contributed by atoms with Crippen molar-refractivity contribution in [2.24, 2.45) is 0 Å². The smallest absolute Gasteiger partial charge is 0.0539 e. The molecule has 1 aliphatic rings. The summed E-state index contributed by atoms with van der Waals surface area (Å²) in [4.78, 5) is 2.29. The molecule has 0 N–H and O–H groups in total. The number of nitrogens with zero attached hydrogens (tertiary/aromatic N) is 1. The maximum atomic E-state index is 4.47. The van der Waals surface area contributed by atoms with Gasteiger partial charge in [0.05, 0.1) is 11.4 Å². The molecule has 0 spiro atoms. The van der Waals surface area contributed by atoms with E-state index < -0.39 is 0 Å². The summed E-state index contributed by atoms with van der Waals surface area (Å²) >= 11 is 0. The summed E-state index contributed by atoms with van der Waals surface area (Å²) in [5, 5.41) is 5.02. The van der Waals surface area contributed by atoms with Crippen molar-refractivity contribution in [3.05, 3.63) is 163 Å². The molecule has 1 nitrogen and oxygen atoms in total. The lowest BCUT2D eigenvalue weighted by atomic mass is 9.82. The standard InChI is InChI=1S/C42H35N/c1-7-28(4)35-25-32(31-22-21-30-20-19-29-13-8-9-14-33(29)36(30)26-31)23-24-39(35)43(27(2)3)40-18-12-17-38-41(40)34-15-10-11-16-37(34)42(38,5)6/h7-26H,1-2,4H2,3,5-6H3. The minimum absolute atomic E-state index is 0.0830. The first kappa shape index (κ1) is 26.7. The fourth-order valence-corrected chi connectivity index (χ4v) is 6.92. The van der Waals surface area contributed by atoms with Crippen LogP contribution in [0.4, 0.5) is 11.4 Å². The predicted molar refractivity (Wildman–Crippen MR) is 187 cm³/mol. The van der Waals surface area contributed by atoms with Crippen molar-refractivity contribution in [3.63, 3.8) is 0 Å². The third-order valence-corrected chi connectivity index (χ3v) is 9.12. The zero-order valence-corrected chi connectivity index (χ0v) is 25.1. The van der Waals surface area contributed by atoms with E-state index in [0.29, 0.717) is 0 Å². The number of allylic oxidation sites excluding steroid dienone is 3. The van der Waals surface area contributed by atoms with Gasteiger partial charge in [-0.05, 0) is 86.1 Å². The van der Waals surface area contributed by atoms with Gasteiger partial charge < -0.3 is 4.90 Å². The van der Waals surface area contributed by atoms with Crippen molar-refractivity contribution in [1.29, 1.82) is 0 Å². The maximum absolute atomic E-state index is 4.47. The van der Waals surface area contributed by atoms with E-state index >= 15 is 0 Å². The first-order valence-electron chi connectivity index (χ1n) is 14.9. The average molecular weight is 554 g/mol. The molecule has 0 fully saturated rings. The van der Waals surface area contributed by atoms with Gasteiger partial charge >= 0.3 is 0 Å². The molecule has 0 aliphatic heterocycles. The van der Waals surface area contributed by atoms with Crippen LogP contribution in [0.2, 0.25) is 0 Å². The molecule has 0 saturated carbocycles. The van der Waals surface area contributed by atoms with E-state index in [1.54, 1.807) is 0 Å². The SMILES string of the molecule is C=CC(=C)c1cc(-c2ccc3ccc4ccccc4c3c2)ccc1N(C(=C)C)c1cccc2c1-c1ccccc1C2(C)C. The quantitative estimate of drug-likeness (QED) is 0.146. The normalized spacial score (nSPS) is 13.0. The van der Waals surface area contributed by atoms with E-state index in [1.807, 2.05) is 6.08 Å². The van der Waals surface area contributed by atoms with E-state index in [9.17, 15) is 0 Å². The molecule has 1 heteroatoms. The zero-order chi connectivity index (χ0) is 29.9. The van der Waals surface area contributed by atoms with Crippen LogP contribution >= 0.6 is 0 Å². The number of anilines is 2. The molecule has 1 aliphatic carbocycles. The van der Waals surface area contributed by atoms with Gasteiger partial charge in [0.25, 0.3) is 0 Å². The lowest BCUT2D eigenvalue weighted by Gasteiger charge is -2.31. The average Bonchev–Trinajstić information content (AvgIpc) is 3.27. The summed E-state index contributed by atoms with van der Waals surface area (Å²) < 4.78 is 0. The second-order valence-corrected chi connectivity index (χ2v) is 12.1. The van der Waals surface area contributed by atoms with Gasteiger partial charge in [-0.1, -0.05) is 131 Å². The van der Waals surface area contributed by atoms with E-state index in [1.165, 1.54) is 49.4 Å². The van der Waals surface area contributed by atoms with E-state index in [2.05, 4.69) is 161 Å². The molecule has 6 aromatic carbocycles. The Bertz CT molecular complexity index is 2120. The molecular weight excluding hydrogens is 518 g/mol. The van der Waals surface area contributed by atoms with Crippen LogP contribution in [-0.4, -0.2) is 0 Å². The van der Waals surface area contributed by atoms with Crippen LogP contribution in [0, 0.1) is 0 Å². The zero-order valence-electron chi connectivity index (χ0n) is 25.1. The fraction of sp³-hybridized carbons (Fsp3) is 0.0952. The summed E-state index contributed by atoms with van der Waals surface area (Å²) in [5.41, 5.74) is 12.5. The van der Waals surface area contributed by atoms with Crippen molar-refractivity contribution in [2.45, 2.75) is 26.2 Å². The second-order valence-electron chi connectivity index (χ2n) is 12.1. The summed E-state index contributed by atoms with van der Waals surface area (Å²) in [7, 11) is 0. The first-order chi connectivity index (χ1) is 20.8. The first-order valence-corrected chi connectivity index (χ1v) is 14.9. The Hall–Kier alpha value is -5.14. The molecule has 7 rings (SSSR count). The molecule has 0 aromatic heterocycles. The monoisotopic (exact) mass is 553 g/mol. The fourth-order valence-electron chi connectivity index (χ4n) is 6.92. The molecule has 0 radical (unpaired) electrons. The van der Waals surface area contributed by atoms with Crippen LogP contribution in [-0.2, 0) is 5.41 Å². The summed E-state index contributed by atoms with van der Waals surface area (Å²) in [6.07, 6.45) is 1.85. The van der Waals surface area contributed by atoms with Crippen molar-refractivity contribution in [3.8, 4) is 22.3 Å². The largest absolute Gasteiger partial charge is 0.314 e. The Morgan fingerprint density at radius 3 is 2.09 bits per heavy atom. The Balaban J connectivity index is 1.42. The number of hydrogen-bond acceptors (Lipinski definition) is 1. The Kier molecular flexibility index (Phi) is 6.22. The predicted octanol–water partition coefficient (Wildman–Crippen LogP) is 11.8. The van der Waals surface area contributed by atoms with Crippen LogP contribution < -0.4 is 4.90 Å². The number of fused-ring (bicyclic) bond motifs is 6. The van der Waals surface area contributed by atoms with Gasteiger partial charge in [-0.2, -0.15) is 0 Å². The van der Waals surface area contributed by atoms with Crippen LogP contribution in [0.5, 0.6) is 0 Å². The Morgan fingerprint density at radius 1 is 0.651 bits per heavy atom. The van der Waals surface area contributed by atoms with Gasteiger partial charge in [-0.3, -0.25) is 0 Å². The van der Waals surface area contributed by atoms with Gasteiger partial charge in [0.15, 0.2) is 0 Å². The highest BCUT2D eigenvalue weighted by molar-refractivity contribution is 6.09. The Morgan fingerprint density at radius 2 is 1.30 bits per heavy atom. The van der Waals surface area contributed by atoms with Crippen LogP contribution in [0.15, 0.2) is 147 Å². The van der Waals surface area contributed by atoms with Crippen molar-refractivity contribution in [2.75, 3.05) is 4.90 Å². The van der Waals surface area contributed by atoms with E-state index in [4.69, 9.17) is 0 Å². The molecule has 208 valence electrons. The van der Waals surface area contributed by atoms with Gasteiger partial charge in [-0.25, -0.2) is 0 Å². The van der Waals surface area contributed by atoms with Gasteiger partial charge in [-0.15, -0.1) is 0 Å².